The van der Waals surface area contributed by atoms with Crippen molar-refractivity contribution in [2.24, 2.45) is 5.92 Å². The third-order valence-electron chi connectivity index (χ3n) is 4.84. The van der Waals surface area contributed by atoms with Crippen LogP contribution in [-0.4, -0.2) is 49.8 Å². The molecule has 5 nitrogen and oxygen atoms in total. The normalized spacial score (nSPS) is 16.6. The molecule has 1 heterocycles. The second-order valence-electron chi connectivity index (χ2n) is 7.29. The zero-order chi connectivity index (χ0) is 18.4. The van der Waals surface area contributed by atoms with Gasteiger partial charge in [-0.25, -0.2) is 4.79 Å². The van der Waals surface area contributed by atoms with Crippen LogP contribution in [0, 0.1) is 5.92 Å². The first-order valence-electron chi connectivity index (χ1n) is 9.48. The molecular weight excluding hydrogens is 326 g/mol. The van der Waals surface area contributed by atoms with E-state index in [2.05, 4.69) is 41.5 Å². The summed E-state index contributed by atoms with van der Waals surface area (Å²) in [5.74, 6) is 0.589. The van der Waals surface area contributed by atoms with Crippen molar-refractivity contribution in [1.82, 2.24) is 10.2 Å². The fraction of sp³-hybridized carbons (Fsp3) is 0.476. The zero-order valence-corrected chi connectivity index (χ0v) is 15.7. The molecule has 0 saturated carbocycles. The summed E-state index contributed by atoms with van der Waals surface area (Å²) < 4.78 is 5.46. The summed E-state index contributed by atoms with van der Waals surface area (Å²) in [5, 5.41) is 8.24. The second-order valence-corrected chi connectivity index (χ2v) is 7.29. The number of fused-ring (bicyclic) bond motifs is 1. The number of carbonyl (C=O) groups excluding carboxylic acids is 1. The first-order chi connectivity index (χ1) is 12.6. The Kier molecular flexibility index (Phi) is 6.47. The van der Waals surface area contributed by atoms with E-state index in [4.69, 9.17) is 4.74 Å². The topological polar surface area (TPSA) is 53.6 Å². The molecule has 0 spiro atoms. The van der Waals surface area contributed by atoms with E-state index in [1.54, 1.807) is 0 Å². The van der Waals surface area contributed by atoms with Gasteiger partial charge in [0.1, 0.15) is 0 Å². The monoisotopic (exact) mass is 355 g/mol. The van der Waals surface area contributed by atoms with Crippen molar-refractivity contribution in [2.75, 3.05) is 38.2 Å². The number of urea groups is 1. The van der Waals surface area contributed by atoms with Crippen molar-refractivity contribution in [3.63, 3.8) is 0 Å². The molecule has 2 aromatic carbocycles. The molecule has 0 aliphatic carbocycles. The molecule has 2 aromatic rings. The van der Waals surface area contributed by atoms with Crippen molar-refractivity contribution in [3.05, 3.63) is 42.5 Å². The smallest absolute Gasteiger partial charge is 0.319 e. The number of hydrogen-bond donors (Lipinski definition) is 2. The van der Waals surface area contributed by atoms with Gasteiger partial charge in [0, 0.05) is 31.1 Å². The SMILES string of the molecule is CC(C)C[C@@H](CNC(=O)Nc1cccc2ccccc12)N1CCOCC1. The van der Waals surface area contributed by atoms with E-state index >= 15 is 0 Å². The average molecular weight is 355 g/mol. The maximum atomic E-state index is 12.5. The van der Waals surface area contributed by atoms with E-state index in [0.29, 0.717) is 18.5 Å². The number of anilines is 1. The number of nitrogens with zero attached hydrogens (tertiary/aromatic N) is 1. The summed E-state index contributed by atoms with van der Waals surface area (Å²) in [4.78, 5) is 14.9. The van der Waals surface area contributed by atoms with Gasteiger partial charge in [-0.3, -0.25) is 4.90 Å². The molecule has 0 radical (unpaired) electrons. The lowest BCUT2D eigenvalue weighted by atomic mass is 10.0. The van der Waals surface area contributed by atoms with Crippen LogP contribution in [0.5, 0.6) is 0 Å². The molecule has 1 saturated heterocycles. The van der Waals surface area contributed by atoms with Crippen LogP contribution < -0.4 is 10.6 Å². The molecule has 2 amide bonds. The van der Waals surface area contributed by atoms with Crippen LogP contribution in [0.25, 0.3) is 10.8 Å². The zero-order valence-electron chi connectivity index (χ0n) is 15.7. The molecule has 26 heavy (non-hydrogen) atoms. The summed E-state index contributed by atoms with van der Waals surface area (Å²) in [7, 11) is 0. The highest BCUT2D eigenvalue weighted by Crippen LogP contribution is 2.22. The first kappa shape index (κ1) is 18.7. The van der Waals surface area contributed by atoms with E-state index in [0.717, 1.165) is 49.2 Å². The predicted molar refractivity (Wildman–Crippen MR) is 107 cm³/mol. The summed E-state index contributed by atoms with van der Waals surface area (Å²) >= 11 is 0. The minimum atomic E-state index is -0.150. The largest absolute Gasteiger partial charge is 0.379 e. The number of morpholine rings is 1. The van der Waals surface area contributed by atoms with Crippen LogP contribution in [0.2, 0.25) is 0 Å². The van der Waals surface area contributed by atoms with Crippen molar-refractivity contribution in [3.8, 4) is 0 Å². The standard InChI is InChI=1S/C21H29N3O2/c1-16(2)14-18(24-10-12-26-13-11-24)15-22-21(25)23-20-9-5-7-17-6-3-4-8-19(17)20/h3-9,16,18H,10-15H2,1-2H3,(H2,22,23,25)/t18-/m0/s1. The van der Waals surface area contributed by atoms with Gasteiger partial charge in [-0.15, -0.1) is 0 Å². The van der Waals surface area contributed by atoms with Crippen LogP contribution in [0.15, 0.2) is 42.5 Å². The number of amides is 2. The molecule has 140 valence electrons. The third kappa shape index (κ3) is 4.96. The molecule has 0 aromatic heterocycles. The highest BCUT2D eigenvalue weighted by Gasteiger charge is 2.22. The van der Waals surface area contributed by atoms with Gasteiger partial charge in [-0.05, 0) is 23.8 Å². The molecule has 1 fully saturated rings. The maximum Gasteiger partial charge on any atom is 0.319 e. The van der Waals surface area contributed by atoms with Crippen molar-refractivity contribution in [1.29, 1.82) is 0 Å². The van der Waals surface area contributed by atoms with Gasteiger partial charge in [0.05, 0.1) is 18.9 Å². The number of benzene rings is 2. The summed E-state index contributed by atoms with van der Waals surface area (Å²) in [6.45, 7) is 8.52. The number of nitrogens with one attached hydrogen (secondary N) is 2. The van der Waals surface area contributed by atoms with E-state index < -0.39 is 0 Å². The fourth-order valence-corrected chi connectivity index (χ4v) is 3.56. The van der Waals surface area contributed by atoms with Gasteiger partial charge in [0.15, 0.2) is 0 Å². The minimum absolute atomic E-state index is 0.150. The lowest BCUT2D eigenvalue weighted by molar-refractivity contribution is 0.0130. The molecule has 2 N–H and O–H groups in total. The highest BCUT2D eigenvalue weighted by molar-refractivity contribution is 6.01. The van der Waals surface area contributed by atoms with E-state index in [9.17, 15) is 4.79 Å². The number of ether oxygens (including phenoxy) is 1. The second kappa shape index (κ2) is 9.01. The lowest BCUT2D eigenvalue weighted by Gasteiger charge is -2.35. The van der Waals surface area contributed by atoms with Gasteiger partial charge in [0.2, 0.25) is 0 Å². The van der Waals surface area contributed by atoms with Crippen LogP contribution in [0.3, 0.4) is 0 Å². The van der Waals surface area contributed by atoms with Crippen molar-refractivity contribution in [2.45, 2.75) is 26.3 Å². The van der Waals surface area contributed by atoms with Crippen molar-refractivity contribution >= 4 is 22.5 Å². The molecule has 1 aliphatic heterocycles. The fourth-order valence-electron chi connectivity index (χ4n) is 3.56. The number of rotatable bonds is 6. The van der Waals surface area contributed by atoms with E-state index in [1.165, 1.54) is 0 Å². The van der Waals surface area contributed by atoms with Gasteiger partial charge in [-0.1, -0.05) is 50.2 Å². The molecule has 0 unspecified atom stereocenters. The molecule has 1 atom stereocenters. The van der Waals surface area contributed by atoms with Crippen LogP contribution >= 0.6 is 0 Å². The van der Waals surface area contributed by atoms with Gasteiger partial charge in [-0.2, -0.15) is 0 Å². The molecular formula is C21H29N3O2. The van der Waals surface area contributed by atoms with Crippen LogP contribution in [0.4, 0.5) is 10.5 Å². The first-order valence-corrected chi connectivity index (χ1v) is 9.48. The maximum absolute atomic E-state index is 12.5. The highest BCUT2D eigenvalue weighted by atomic mass is 16.5. The van der Waals surface area contributed by atoms with E-state index in [-0.39, 0.29) is 6.03 Å². The molecule has 5 heteroatoms. The molecule has 3 rings (SSSR count). The Labute approximate surface area is 155 Å². The Balaban J connectivity index is 1.60. The average Bonchev–Trinajstić information content (AvgIpc) is 2.66. The van der Waals surface area contributed by atoms with Gasteiger partial charge < -0.3 is 15.4 Å². The number of carbonyl (C=O) groups is 1. The predicted octanol–water partition coefficient (Wildman–Crippen LogP) is 3.71. The van der Waals surface area contributed by atoms with Gasteiger partial charge in [0.25, 0.3) is 0 Å². The number of hydrogen-bond acceptors (Lipinski definition) is 3. The van der Waals surface area contributed by atoms with E-state index in [1.807, 2.05) is 30.3 Å². The Hall–Kier alpha value is -2.11. The third-order valence-corrected chi connectivity index (χ3v) is 4.84. The summed E-state index contributed by atoms with van der Waals surface area (Å²) in [6.07, 6.45) is 1.06. The summed E-state index contributed by atoms with van der Waals surface area (Å²) in [6, 6.07) is 14.2. The Morgan fingerprint density at radius 3 is 2.62 bits per heavy atom. The Morgan fingerprint density at radius 2 is 1.85 bits per heavy atom. The summed E-state index contributed by atoms with van der Waals surface area (Å²) in [5.41, 5.74) is 0.840. The Morgan fingerprint density at radius 1 is 1.12 bits per heavy atom. The van der Waals surface area contributed by atoms with Gasteiger partial charge >= 0.3 is 6.03 Å². The molecule has 1 aliphatic rings. The molecule has 0 bridgehead atoms. The van der Waals surface area contributed by atoms with Crippen molar-refractivity contribution < 1.29 is 9.53 Å². The van der Waals surface area contributed by atoms with Crippen LogP contribution in [-0.2, 0) is 4.74 Å². The van der Waals surface area contributed by atoms with Crippen LogP contribution in [0.1, 0.15) is 20.3 Å². The lowest BCUT2D eigenvalue weighted by Crippen LogP contribution is -2.49. The quantitative estimate of drug-likeness (QED) is 0.831. The Bertz CT molecular complexity index is 721. The minimum Gasteiger partial charge on any atom is -0.379 e.